The van der Waals surface area contributed by atoms with E-state index in [1.165, 1.54) is 5.56 Å². The van der Waals surface area contributed by atoms with E-state index in [1.807, 2.05) is 13.0 Å². The third-order valence-corrected chi connectivity index (χ3v) is 5.28. The van der Waals surface area contributed by atoms with Gasteiger partial charge < -0.3 is 0 Å². The highest BCUT2D eigenvalue weighted by Gasteiger charge is 2.18. The molecule has 2 heteroatoms. The summed E-state index contributed by atoms with van der Waals surface area (Å²) in [6.07, 6.45) is 1.10. The van der Waals surface area contributed by atoms with Crippen LogP contribution in [0.1, 0.15) is 54.3 Å². The van der Waals surface area contributed by atoms with Gasteiger partial charge in [-0.05, 0) is 53.1 Å². The Morgan fingerprint density at radius 3 is 2.19 bits per heavy atom. The molecule has 112 valence electrons. The van der Waals surface area contributed by atoms with E-state index in [9.17, 15) is 4.39 Å². The van der Waals surface area contributed by atoms with Crippen LogP contribution in [0.15, 0.2) is 42.5 Å². The van der Waals surface area contributed by atoms with Gasteiger partial charge in [-0.1, -0.05) is 67.0 Å². The lowest BCUT2D eigenvalue weighted by Gasteiger charge is -2.24. The molecule has 0 amide bonds. The third-order valence-electron chi connectivity index (χ3n) is 4.23. The summed E-state index contributed by atoms with van der Waals surface area (Å²) in [5, 5.41) is 0. The van der Waals surface area contributed by atoms with Crippen LogP contribution in [0, 0.1) is 12.7 Å². The van der Waals surface area contributed by atoms with E-state index < -0.39 is 0 Å². The van der Waals surface area contributed by atoms with Crippen LogP contribution in [0.2, 0.25) is 0 Å². The quantitative estimate of drug-likeness (QED) is 0.568. The summed E-state index contributed by atoms with van der Waals surface area (Å²) in [6.45, 7) is 8.63. The molecule has 0 radical (unpaired) electrons. The van der Waals surface area contributed by atoms with Crippen molar-refractivity contribution in [3.05, 3.63) is 70.5 Å². The van der Waals surface area contributed by atoms with Crippen molar-refractivity contribution in [3.8, 4) is 0 Å². The summed E-state index contributed by atoms with van der Waals surface area (Å²) < 4.78 is 13.5. The molecule has 0 N–H and O–H groups in total. The van der Waals surface area contributed by atoms with Gasteiger partial charge >= 0.3 is 0 Å². The maximum absolute atomic E-state index is 13.5. The predicted molar refractivity (Wildman–Crippen MR) is 91.7 cm³/mol. The fourth-order valence-corrected chi connectivity index (χ4v) is 2.98. The molecule has 1 atom stereocenters. The molecule has 21 heavy (non-hydrogen) atoms. The zero-order chi connectivity index (χ0) is 15.6. The lowest BCUT2D eigenvalue weighted by molar-refractivity contribution is 0.506. The minimum Gasteiger partial charge on any atom is -0.207 e. The van der Waals surface area contributed by atoms with Crippen LogP contribution in [-0.2, 0) is 5.41 Å². The first-order valence-corrected chi connectivity index (χ1v) is 8.26. The Hall–Kier alpha value is -1.15. The number of alkyl halides is 1. The van der Waals surface area contributed by atoms with E-state index in [1.54, 1.807) is 12.1 Å². The summed E-state index contributed by atoms with van der Waals surface area (Å²) >= 11 is 3.69. The van der Waals surface area contributed by atoms with Gasteiger partial charge in [-0.2, -0.15) is 0 Å². The smallest absolute Gasteiger partial charge is 0.123 e. The van der Waals surface area contributed by atoms with Crippen molar-refractivity contribution in [2.45, 2.75) is 44.4 Å². The average molecular weight is 349 g/mol. The van der Waals surface area contributed by atoms with Gasteiger partial charge in [-0.3, -0.25) is 0 Å². The van der Waals surface area contributed by atoms with Crippen LogP contribution in [0.25, 0.3) is 0 Å². The lowest BCUT2D eigenvalue weighted by Crippen LogP contribution is -2.15. The molecule has 0 heterocycles. The fraction of sp³-hybridized carbons (Fsp3) is 0.368. The van der Waals surface area contributed by atoms with Crippen LogP contribution in [0.5, 0.6) is 0 Å². The molecule has 0 aliphatic rings. The highest BCUT2D eigenvalue weighted by atomic mass is 79.9. The Bertz CT molecular complexity index is 594. The van der Waals surface area contributed by atoms with Crippen molar-refractivity contribution in [2.75, 3.05) is 0 Å². The third kappa shape index (κ3) is 3.74. The Labute approximate surface area is 135 Å². The van der Waals surface area contributed by atoms with Crippen LogP contribution < -0.4 is 0 Å². The Morgan fingerprint density at radius 2 is 1.67 bits per heavy atom. The number of benzene rings is 2. The summed E-state index contributed by atoms with van der Waals surface area (Å²) in [4.78, 5) is 0.0192. The van der Waals surface area contributed by atoms with Crippen LogP contribution in [0.3, 0.4) is 0 Å². The first kappa shape index (κ1) is 16.2. The van der Waals surface area contributed by atoms with Crippen molar-refractivity contribution >= 4 is 15.9 Å². The molecule has 2 aromatic rings. The SMILES string of the molecule is CCC(C)(C)c1ccc(C(Br)c2cc(C)cc(F)c2)cc1. The Balaban J connectivity index is 2.30. The highest BCUT2D eigenvalue weighted by molar-refractivity contribution is 9.09. The number of hydrogen-bond acceptors (Lipinski definition) is 0. The van der Waals surface area contributed by atoms with Gasteiger partial charge in [-0.15, -0.1) is 0 Å². The zero-order valence-corrected chi connectivity index (χ0v) is 14.7. The van der Waals surface area contributed by atoms with Gasteiger partial charge in [-0.25, -0.2) is 4.39 Å². The van der Waals surface area contributed by atoms with Gasteiger partial charge in [0, 0.05) is 0 Å². The van der Waals surface area contributed by atoms with E-state index in [-0.39, 0.29) is 16.1 Å². The van der Waals surface area contributed by atoms with E-state index >= 15 is 0 Å². The molecule has 0 fully saturated rings. The van der Waals surface area contributed by atoms with E-state index in [2.05, 4.69) is 61.0 Å². The molecule has 0 spiro atoms. The summed E-state index contributed by atoms with van der Waals surface area (Å²) in [5.41, 5.74) is 4.57. The Morgan fingerprint density at radius 1 is 1.05 bits per heavy atom. The number of hydrogen-bond donors (Lipinski definition) is 0. The van der Waals surface area contributed by atoms with Crippen molar-refractivity contribution in [1.29, 1.82) is 0 Å². The number of rotatable bonds is 4. The normalized spacial score (nSPS) is 13.2. The molecular formula is C19H22BrF. The first-order valence-electron chi connectivity index (χ1n) is 7.35. The molecule has 0 bridgehead atoms. The summed E-state index contributed by atoms with van der Waals surface area (Å²) in [7, 11) is 0. The number of halogens is 2. The predicted octanol–water partition coefficient (Wildman–Crippen LogP) is 6.31. The second-order valence-corrected chi connectivity index (χ2v) is 7.20. The minimum atomic E-state index is -0.182. The molecular weight excluding hydrogens is 327 g/mol. The molecule has 2 aromatic carbocycles. The first-order chi connectivity index (χ1) is 9.83. The van der Waals surface area contributed by atoms with Gasteiger partial charge in [0.25, 0.3) is 0 Å². The van der Waals surface area contributed by atoms with E-state index in [0.29, 0.717) is 0 Å². The monoisotopic (exact) mass is 348 g/mol. The van der Waals surface area contributed by atoms with Crippen LogP contribution in [0.4, 0.5) is 4.39 Å². The van der Waals surface area contributed by atoms with E-state index in [0.717, 1.165) is 23.1 Å². The van der Waals surface area contributed by atoms with Crippen LogP contribution >= 0.6 is 15.9 Å². The Kier molecular flexibility index (Phi) is 4.88. The average Bonchev–Trinajstić information content (AvgIpc) is 2.45. The van der Waals surface area contributed by atoms with Gasteiger partial charge in [0.2, 0.25) is 0 Å². The molecule has 1 unspecified atom stereocenters. The van der Waals surface area contributed by atoms with Crippen molar-refractivity contribution < 1.29 is 4.39 Å². The standard InChI is InChI=1S/C19H22BrF/c1-5-19(3,4)16-8-6-14(7-9-16)18(20)15-10-13(2)11-17(21)12-15/h6-12,18H,5H2,1-4H3. The van der Waals surface area contributed by atoms with Gasteiger partial charge in [0.05, 0.1) is 4.83 Å². The van der Waals surface area contributed by atoms with Gasteiger partial charge in [0.15, 0.2) is 0 Å². The molecule has 0 saturated carbocycles. The molecule has 0 nitrogen and oxygen atoms in total. The topological polar surface area (TPSA) is 0 Å². The van der Waals surface area contributed by atoms with Gasteiger partial charge in [0.1, 0.15) is 5.82 Å². The molecule has 0 saturated heterocycles. The minimum absolute atomic E-state index is 0.0192. The molecule has 0 aliphatic carbocycles. The van der Waals surface area contributed by atoms with Crippen molar-refractivity contribution in [3.63, 3.8) is 0 Å². The largest absolute Gasteiger partial charge is 0.207 e. The molecule has 0 aliphatic heterocycles. The number of aryl methyl sites for hydroxylation is 1. The maximum Gasteiger partial charge on any atom is 0.123 e. The molecule has 0 aromatic heterocycles. The second kappa shape index (κ2) is 6.31. The van der Waals surface area contributed by atoms with Crippen molar-refractivity contribution in [1.82, 2.24) is 0 Å². The summed E-state index contributed by atoms with van der Waals surface area (Å²) in [6, 6.07) is 13.8. The highest BCUT2D eigenvalue weighted by Crippen LogP contribution is 2.34. The van der Waals surface area contributed by atoms with E-state index in [4.69, 9.17) is 0 Å². The maximum atomic E-state index is 13.5. The van der Waals surface area contributed by atoms with Crippen molar-refractivity contribution in [2.24, 2.45) is 0 Å². The molecule has 2 rings (SSSR count). The summed E-state index contributed by atoms with van der Waals surface area (Å²) in [5.74, 6) is -0.182. The lowest BCUT2D eigenvalue weighted by atomic mass is 9.82. The fourth-order valence-electron chi connectivity index (χ4n) is 2.41. The zero-order valence-electron chi connectivity index (χ0n) is 13.1. The van der Waals surface area contributed by atoms with Crippen LogP contribution in [-0.4, -0.2) is 0 Å². The second-order valence-electron chi connectivity index (χ2n) is 6.28.